The van der Waals surface area contributed by atoms with Crippen LogP contribution in [0.3, 0.4) is 0 Å². The molecule has 0 heterocycles. The number of hydrogen-bond donors (Lipinski definition) is 1. The number of sulfonamides is 1. The third-order valence-electron chi connectivity index (χ3n) is 4.65. The Hall–Kier alpha value is -3.07. The van der Waals surface area contributed by atoms with Crippen molar-refractivity contribution in [1.29, 1.82) is 0 Å². The van der Waals surface area contributed by atoms with E-state index in [1.54, 1.807) is 48.5 Å². The number of carbonyl (C=O) groups excluding carboxylic acids is 2. The Morgan fingerprint density at radius 1 is 0.969 bits per heavy atom. The van der Waals surface area contributed by atoms with Crippen LogP contribution in [-0.2, 0) is 21.4 Å². The lowest BCUT2D eigenvalue weighted by molar-refractivity contribution is -0.116. The fourth-order valence-corrected chi connectivity index (χ4v) is 4.62. The van der Waals surface area contributed by atoms with E-state index in [0.717, 1.165) is 16.4 Å². The number of amides is 1. The minimum atomic E-state index is -4.36. The molecule has 0 saturated carbocycles. The van der Waals surface area contributed by atoms with Crippen LogP contribution >= 0.6 is 11.6 Å². The maximum Gasteiger partial charge on any atom is 0.246 e. The lowest BCUT2D eigenvalue weighted by Crippen LogP contribution is -2.38. The molecule has 6 nitrogen and oxygen atoms in total. The van der Waals surface area contributed by atoms with Crippen molar-refractivity contribution >= 4 is 39.0 Å². The van der Waals surface area contributed by atoms with Gasteiger partial charge in [0.1, 0.15) is 10.7 Å². The zero-order valence-electron chi connectivity index (χ0n) is 17.1. The topological polar surface area (TPSA) is 83.6 Å². The summed E-state index contributed by atoms with van der Waals surface area (Å²) in [5, 5.41) is 2.91. The average Bonchev–Trinajstić information content (AvgIpc) is 2.75. The van der Waals surface area contributed by atoms with Gasteiger partial charge >= 0.3 is 0 Å². The minimum Gasteiger partial charge on any atom is -0.325 e. The summed E-state index contributed by atoms with van der Waals surface area (Å²) >= 11 is 6.18. The normalized spacial score (nSPS) is 11.4. The van der Waals surface area contributed by atoms with Crippen LogP contribution in [0.25, 0.3) is 0 Å². The molecule has 0 fully saturated rings. The molecule has 0 radical (unpaired) electrons. The van der Waals surface area contributed by atoms with Crippen LogP contribution in [0.1, 0.15) is 22.8 Å². The molecule has 1 amide bonds. The molecule has 0 aliphatic carbocycles. The van der Waals surface area contributed by atoms with Gasteiger partial charge in [-0.1, -0.05) is 41.9 Å². The quantitative estimate of drug-likeness (QED) is 0.487. The summed E-state index contributed by atoms with van der Waals surface area (Å²) in [5.74, 6) is -1.67. The van der Waals surface area contributed by atoms with E-state index in [1.165, 1.54) is 19.1 Å². The highest BCUT2D eigenvalue weighted by Crippen LogP contribution is 2.24. The van der Waals surface area contributed by atoms with Gasteiger partial charge in [0.2, 0.25) is 15.9 Å². The number of carbonyl (C=O) groups is 2. The smallest absolute Gasteiger partial charge is 0.246 e. The van der Waals surface area contributed by atoms with Gasteiger partial charge in [-0.2, -0.15) is 4.31 Å². The monoisotopic (exact) mass is 474 g/mol. The van der Waals surface area contributed by atoms with Gasteiger partial charge in [-0.25, -0.2) is 12.8 Å². The second kappa shape index (κ2) is 10.0. The Kier molecular flexibility index (Phi) is 7.40. The predicted octanol–water partition coefficient (Wildman–Crippen LogP) is 4.51. The van der Waals surface area contributed by atoms with Crippen LogP contribution in [0.5, 0.6) is 0 Å². The molecule has 0 aromatic heterocycles. The lowest BCUT2D eigenvalue weighted by atomic mass is 10.1. The summed E-state index contributed by atoms with van der Waals surface area (Å²) in [4.78, 5) is 23.5. The Bertz CT molecular complexity index is 1250. The first-order chi connectivity index (χ1) is 15.2. The molecule has 32 heavy (non-hydrogen) atoms. The highest BCUT2D eigenvalue weighted by atomic mass is 35.5. The number of nitrogens with zero attached hydrogens (tertiary/aromatic N) is 1. The Labute approximate surface area is 190 Å². The molecule has 0 bridgehead atoms. The maximum absolute atomic E-state index is 14.3. The van der Waals surface area contributed by atoms with Gasteiger partial charge in [0.25, 0.3) is 0 Å². The molecule has 0 unspecified atom stereocenters. The molecule has 0 aliphatic heterocycles. The largest absolute Gasteiger partial charge is 0.325 e. The van der Waals surface area contributed by atoms with Crippen molar-refractivity contribution in [1.82, 2.24) is 4.31 Å². The van der Waals surface area contributed by atoms with Crippen LogP contribution in [0.4, 0.5) is 10.1 Å². The number of hydrogen-bond acceptors (Lipinski definition) is 4. The van der Waals surface area contributed by atoms with Gasteiger partial charge in [0, 0.05) is 22.8 Å². The van der Waals surface area contributed by atoms with Gasteiger partial charge in [-0.05, 0) is 55.0 Å². The average molecular weight is 475 g/mol. The fraction of sp³-hybridized carbons (Fsp3) is 0.130. The predicted molar refractivity (Wildman–Crippen MR) is 121 cm³/mol. The van der Waals surface area contributed by atoms with E-state index in [9.17, 15) is 22.4 Å². The first-order valence-electron chi connectivity index (χ1n) is 9.57. The molecular formula is C23H20ClFN2O4S. The third kappa shape index (κ3) is 5.59. The van der Waals surface area contributed by atoms with E-state index >= 15 is 0 Å². The molecule has 166 valence electrons. The van der Waals surface area contributed by atoms with Crippen molar-refractivity contribution < 1.29 is 22.4 Å². The number of Topliss-reactive ketones (excluding diaryl/α,β-unsaturated/α-hetero) is 1. The van der Waals surface area contributed by atoms with E-state index in [0.29, 0.717) is 21.8 Å². The minimum absolute atomic E-state index is 0.121. The molecular weight excluding hydrogens is 455 g/mol. The van der Waals surface area contributed by atoms with Gasteiger partial charge in [-0.3, -0.25) is 9.59 Å². The summed E-state index contributed by atoms with van der Waals surface area (Å²) in [6.07, 6.45) is 0. The molecule has 3 aromatic rings. The molecule has 3 aromatic carbocycles. The van der Waals surface area contributed by atoms with E-state index in [4.69, 9.17) is 11.6 Å². The summed E-state index contributed by atoms with van der Waals surface area (Å²) in [6, 6.07) is 17.8. The third-order valence-corrected chi connectivity index (χ3v) is 6.85. The van der Waals surface area contributed by atoms with Crippen molar-refractivity contribution in [2.45, 2.75) is 18.4 Å². The van der Waals surface area contributed by atoms with Gasteiger partial charge in [0.05, 0.1) is 6.54 Å². The number of rotatable bonds is 8. The fourth-order valence-electron chi connectivity index (χ4n) is 2.98. The summed E-state index contributed by atoms with van der Waals surface area (Å²) in [5.41, 5.74) is 1.33. The van der Waals surface area contributed by atoms with Crippen LogP contribution in [0.15, 0.2) is 77.7 Å². The maximum atomic E-state index is 14.3. The van der Waals surface area contributed by atoms with Crippen molar-refractivity contribution in [3.05, 3.63) is 94.8 Å². The van der Waals surface area contributed by atoms with Gasteiger partial charge in [-0.15, -0.1) is 0 Å². The standard InChI is InChI=1S/C23H20ClFN2O4S/c1-16(28)17-10-12-19(13-11-17)26-23(29)15-27(14-18-6-2-3-7-20(18)24)32(30,31)22-9-5-4-8-21(22)25/h2-13H,14-15H2,1H3,(H,26,29). The number of halogens is 2. The van der Waals surface area contributed by atoms with Crippen molar-refractivity contribution in [2.75, 3.05) is 11.9 Å². The zero-order valence-corrected chi connectivity index (χ0v) is 18.7. The Morgan fingerprint density at radius 2 is 1.59 bits per heavy atom. The van der Waals surface area contributed by atoms with Crippen molar-refractivity contribution in [2.24, 2.45) is 0 Å². The first kappa shape index (κ1) is 23.6. The molecule has 0 atom stereocenters. The SMILES string of the molecule is CC(=O)c1ccc(NC(=O)CN(Cc2ccccc2Cl)S(=O)(=O)c2ccccc2F)cc1. The van der Waals surface area contributed by atoms with Crippen LogP contribution in [0.2, 0.25) is 5.02 Å². The zero-order chi connectivity index (χ0) is 23.3. The van der Waals surface area contributed by atoms with E-state index < -0.39 is 33.2 Å². The van der Waals surface area contributed by atoms with E-state index in [2.05, 4.69) is 5.32 Å². The number of nitrogens with one attached hydrogen (secondary N) is 1. The Morgan fingerprint density at radius 3 is 2.22 bits per heavy atom. The number of anilines is 1. The number of ketones is 1. The summed E-state index contributed by atoms with van der Waals surface area (Å²) < 4.78 is 41.6. The molecule has 0 saturated heterocycles. The molecule has 0 aliphatic rings. The van der Waals surface area contributed by atoms with E-state index in [1.807, 2.05) is 0 Å². The summed E-state index contributed by atoms with van der Waals surface area (Å²) in [7, 11) is -4.36. The van der Waals surface area contributed by atoms with Crippen LogP contribution in [-0.4, -0.2) is 31.0 Å². The number of benzene rings is 3. The van der Waals surface area contributed by atoms with Crippen molar-refractivity contribution in [3.63, 3.8) is 0 Å². The molecule has 3 rings (SSSR count). The Balaban J connectivity index is 1.88. The lowest BCUT2D eigenvalue weighted by Gasteiger charge is -2.22. The van der Waals surface area contributed by atoms with Crippen LogP contribution in [0, 0.1) is 5.82 Å². The first-order valence-corrected chi connectivity index (χ1v) is 11.4. The molecule has 1 N–H and O–H groups in total. The molecule has 9 heteroatoms. The summed E-state index contributed by atoms with van der Waals surface area (Å²) in [6.45, 7) is 0.622. The highest BCUT2D eigenvalue weighted by molar-refractivity contribution is 7.89. The second-order valence-electron chi connectivity index (χ2n) is 6.98. The molecule has 0 spiro atoms. The van der Waals surface area contributed by atoms with E-state index in [-0.39, 0.29) is 12.3 Å². The highest BCUT2D eigenvalue weighted by Gasteiger charge is 2.29. The van der Waals surface area contributed by atoms with Crippen molar-refractivity contribution in [3.8, 4) is 0 Å². The van der Waals surface area contributed by atoms with Gasteiger partial charge in [0.15, 0.2) is 5.78 Å². The van der Waals surface area contributed by atoms with Gasteiger partial charge < -0.3 is 5.32 Å². The van der Waals surface area contributed by atoms with Crippen LogP contribution < -0.4 is 5.32 Å². The second-order valence-corrected chi connectivity index (χ2v) is 9.29.